The third-order valence-electron chi connectivity index (χ3n) is 4.07. The summed E-state index contributed by atoms with van der Waals surface area (Å²) < 4.78 is 5.06. The van der Waals surface area contributed by atoms with Crippen molar-refractivity contribution >= 4 is 52.4 Å². The molecule has 0 saturated carbocycles. The average molecular weight is 407 g/mol. The molecule has 2 amide bonds. The topological polar surface area (TPSA) is 75.7 Å². The number of para-hydroxylation sites is 1. The molecule has 0 spiro atoms. The lowest BCUT2D eigenvalue weighted by atomic mass is 10.1. The molecule has 1 saturated heterocycles. The number of ether oxygens (including phenoxy) is 1. The van der Waals surface area contributed by atoms with Gasteiger partial charge in [0.15, 0.2) is 6.61 Å². The number of anilines is 2. The minimum Gasteiger partial charge on any atom is -0.455 e. The van der Waals surface area contributed by atoms with Gasteiger partial charge >= 0.3 is 5.97 Å². The monoisotopic (exact) mass is 406 g/mol. The Kier molecular flexibility index (Phi) is 5.98. The number of amides is 2. The van der Waals surface area contributed by atoms with Crippen LogP contribution in [0, 0.1) is 5.92 Å². The molecule has 1 aliphatic heterocycles. The Hall–Kier alpha value is -2.57. The molecular formula is C19H16Cl2N2O4. The van der Waals surface area contributed by atoms with Crippen LogP contribution in [0.25, 0.3) is 0 Å². The van der Waals surface area contributed by atoms with Crippen LogP contribution in [0.5, 0.6) is 0 Å². The van der Waals surface area contributed by atoms with E-state index in [0.717, 1.165) is 0 Å². The first-order valence-electron chi connectivity index (χ1n) is 8.21. The first kappa shape index (κ1) is 19.2. The van der Waals surface area contributed by atoms with Gasteiger partial charge in [-0.2, -0.15) is 0 Å². The van der Waals surface area contributed by atoms with Gasteiger partial charge in [-0.1, -0.05) is 41.4 Å². The average Bonchev–Trinajstić information content (AvgIpc) is 3.03. The van der Waals surface area contributed by atoms with E-state index >= 15 is 0 Å². The zero-order chi connectivity index (χ0) is 19.4. The van der Waals surface area contributed by atoms with Crippen molar-refractivity contribution in [3.63, 3.8) is 0 Å². The maximum absolute atomic E-state index is 12.2. The summed E-state index contributed by atoms with van der Waals surface area (Å²) in [7, 11) is 0. The number of nitrogens with zero attached hydrogens (tertiary/aromatic N) is 1. The molecule has 0 aliphatic carbocycles. The highest BCUT2D eigenvalue weighted by molar-refractivity contribution is 6.33. The number of hydrogen-bond acceptors (Lipinski definition) is 4. The molecule has 1 fully saturated rings. The molecule has 1 aliphatic rings. The van der Waals surface area contributed by atoms with Gasteiger partial charge in [-0.3, -0.25) is 14.4 Å². The van der Waals surface area contributed by atoms with Crippen molar-refractivity contribution in [2.24, 2.45) is 5.92 Å². The molecule has 1 atom stereocenters. The van der Waals surface area contributed by atoms with Crippen molar-refractivity contribution in [3.8, 4) is 0 Å². The Balaban J connectivity index is 1.53. The van der Waals surface area contributed by atoms with Gasteiger partial charge in [-0.05, 0) is 30.3 Å². The molecule has 0 unspecified atom stereocenters. The SMILES string of the molecule is O=C(COC(=O)[C@H]1CC(=O)N(c2cccc(Cl)c2)C1)Nc1ccccc1Cl. The van der Waals surface area contributed by atoms with E-state index < -0.39 is 24.4 Å². The third kappa shape index (κ3) is 4.78. The molecule has 140 valence electrons. The Morgan fingerprint density at radius 3 is 2.67 bits per heavy atom. The standard InChI is InChI=1S/C19H16Cl2N2O4/c20-13-4-3-5-14(9-13)23-10-12(8-18(23)25)19(26)27-11-17(24)22-16-7-2-1-6-15(16)21/h1-7,9,12H,8,10-11H2,(H,22,24)/t12-/m0/s1. The Bertz CT molecular complexity index is 888. The van der Waals surface area contributed by atoms with Crippen LogP contribution in [0.4, 0.5) is 11.4 Å². The van der Waals surface area contributed by atoms with Gasteiger partial charge in [0.25, 0.3) is 5.91 Å². The van der Waals surface area contributed by atoms with Crippen molar-refractivity contribution in [2.75, 3.05) is 23.4 Å². The molecule has 6 nitrogen and oxygen atoms in total. The van der Waals surface area contributed by atoms with Gasteiger partial charge in [0.1, 0.15) is 0 Å². The molecule has 0 bridgehead atoms. The molecular weight excluding hydrogens is 391 g/mol. The van der Waals surface area contributed by atoms with Crippen molar-refractivity contribution in [3.05, 3.63) is 58.6 Å². The van der Waals surface area contributed by atoms with Crippen molar-refractivity contribution in [1.82, 2.24) is 0 Å². The lowest BCUT2D eigenvalue weighted by Crippen LogP contribution is -2.28. The van der Waals surface area contributed by atoms with Crippen LogP contribution in [0.1, 0.15) is 6.42 Å². The summed E-state index contributed by atoms with van der Waals surface area (Å²) in [6, 6.07) is 13.6. The van der Waals surface area contributed by atoms with Gasteiger partial charge in [0.05, 0.1) is 16.6 Å². The Morgan fingerprint density at radius 2 is 1.93 bits per heavy atom. The Morgan fingerprint density at radius 1 is 1.15 bits per heavy atom. The second kappa shape index (κ2) is 8.41. The van der Waals surface area contributed by atoms with Gasteiger partial charge in [-0.25, -0.2) is 0 Å². The molecule has 1 N–H and O–H groups in total. The van der Waals surface area contributed by atoms with Crippen LogP contribution >= 0.6 is 23.2 Å². The van der Waals surface area contributed by atoms with E-state index in [9.17, 15) is 14.4 Å². The normalized spacial score (nSPS) is 16.3. The predicted octanol–water partition coefficient (Wildman–Crippen LogP) is 3.53. The van der Waals surface area contributed by atoms with Crippen LogP contribution in [-0.4, -0.2) is 30.9 Å². The zero-order valence-electron chi connectivity index (χ0n) is 14.2. The molecule has 0 radical (unpaired) electrons. The van der Waals surface area contributed by atoms with E-state index in [2.05, 4.69) is 5.32 Å². The molecule has 27 heavy (non-hydrogen) atoms. The summed E-state index contributed by atoms with van der Waals surface area (Å²) in [6.45, 7) is -0.268. The molecule has 1 heterocycles. The number of nitrogens with one attached hydrogen (secondary N) is 1. The van der Waals surface area contributed by atoms with Crippen LogP contribution in [-0.2, 0) is 19.1 Å². The Labute approximate surface area is 166 Å². The van der Waals surface area contributed by atoms with Crippen LogP contribution in [0.15, 0.2) is 48.5 Å². The summed E-state index contributed by atoms with van der Waals surface area (Å²) in [5.41, 5.74) is 1.06. The summed E-state index contributed by atoms with van der Waals surface area (Å²) in [5.74, 6) is -1.93. The molecule has 2 aromatic carbocycles. The van der Waals surface area contributed by atoms with Gasteiger partial charge in [-0.15, -0.1) is 0 Å². The third-order valence-corrected chi connectivity index (χ3v) is 4.64. The fraction of sp³-hybridized carbons (Fsp3) is 0.211. The van der Waals surface area contributed by atoms with Crippen molar-refractivity contribution < 1.29 is 19.1 Å². The second-order valence-corrected chi connectivity index (χ2v) is 6.86. The van der Waals surface area contributed by atoms with Gasteiger partial charge in [0.2, 0.25) is 5.91 Å². The van der Waals surface area contributed by atoms with E-state index in [4.69, 9.17) is 27.9 Å². The maximum Gasteiger partial charge on any atom is 0.311 e. The van der Waals surface area contributed by atoms with Crippen LogP contribution in [0.2, 0.25) is 10.0 Å². The lowest BCUT2D eigenvalue weighted by molar-refractivity contribution is -0.151. The first-order valence-corrected chi connectivity index (χ1v) is 8.96. The number of carbonyl (C=O) groups is 3. The largest absolute Gasteiger partial charge is 0.455 e. The number of esters is 1. The fourth-order valence-corrected chi connectivity index (χ4v) is 3.13. The quantitative estimate of drug-likeness (QED) is 0.770. The highest BCUT2D eigenvalue weighted by atomic mass is 35.5. The van der Waals surface area contributed by atoms with E-state index in [0.29, 0.717) is 21.4 Å². The lowest BCUT2D eigenvalue weighted by Gasteiger charge is -2.16. The number of rotatable bonds is 5. The van der Waals surface area contributed by atoms with Crippen LogP contribution < -0.4 is 10.2 Å². The molecule has 0 aromatic heterocycles. The van der Waals surface area contributed by atoms with E-state index in [1.165, 1.54) is 4.90 Å². The number of carbonyl (C=O) groups excluding carboxylic acids is 3. The summed E-state index contributed by atoms with van der Waals surface area (Å²) in [5, 5.41) is 3.45. The summed E-state index contributed by atoms with van der Waals surface area (Å²) >= 11 is 11.9. The minimum atomic E-state index is -0.635. The van der Waals surface area contributed by atoms with Crippen LogP contribution in [0.3, 0.4) is 0 Å². The first-order chi connectivity index (χ1) is 12.9. The minimum absolute atomic E-state index is 0.0253. The highest BCUT2D eigenvalue weighted by Crippen LogP contribution is 2.27. The molecule has 2 aromatic rings. The predicted molar refractivity (Wildman–Crippen MR) is 103 cm³/mol. The fourth-order valence-electron chi connectivity index (χ4n) is 2.76. The van der Waals surface area contributed by atoms with Gasteiger partial charge < -0.3 is 15.0 Å². The number of halogens is 2. The molecule has 8 heteroatoms. The van der Waals surface area contributed by atoms with Crippen molar-refractivity contribution in [2.45, 2.75) is 6.42 Å². The second-order valence-electron chi connectivity index (χ2n) is 6.02. The summed E-state index contributed by atoms with van der Waals surface area (Å²) in [4.78, 5) is 37.8. The molecule has 3 rings (SSSR count). The van der Waals surface area contributed by atoms with E-state index in [1.807, 2.05) is 0 Å². The van der Waals surface area contributed by atoms with Gasteiger partial charge in [0, 0.05) is 23.7 Å². The van der Waals surface area contributed by atoms with Crippen molar-refractivity contribution in [1.29, 1.82) is 0 Å². The summed E-state index contributed by atoms with van der Waals surface area (Å²) in [6.07, 6.45) is 0.0253. The maximum atomic E-state index is 12.2. The number of benzene rings is 2. The smallest absolute Gasteiger partial charge is 0.311 e. The van der Waals surface area contributed by atoms with E-state index in [-0.39, 0.29) is 18.9 Å². The van der Waals surface area contributed by atoms with E-state index in [1.54, 1.807) is 48.5 Å². The highest BCUT2D eigenvalue weighted by Gasteiger charge is 2.36. The zero-order valence-corrected chi connectivity index (χ0v) is 15.7. The number of hydrogen-bond donors (Lipinski definition) is 1.